The van der Waals surface area contributed by atoms with Crippen LogP contribution in [0.1, 0.15) is 18.9 Å². The molecule has 6 heteroatoms. The summed E-state index contributed by atoms with van der Waals surface area (Å²) in [6.07, 6.45) is 1.63. The molecule has 0 radical (unpaired) electrons. The van der Waals surface area contributed by atoms with Gasteiger partial charge in [0.25, 0.3) is 0 Å². The lowest BCUT2D eigenvalue weighted by molar-refractivity contribution is -0.117. The van der Waals surface area contributed by atoms with Crippen LogP contribution in [0.5, 0.6) is 5.75 Å². The molecule has 0 aromatic heterocycles. The van der Waals surface area contributed by atoms with Crippen LogP contribution in [0.4, 0.5) is 0 Å². The Morgan fingerprint density at radius 2 is 2.21 bits per heavy atom. The van der Waals surface area contributed by atoms with Gasteiger partial charge in [0.1, 0.15) is 12.3 Å². The minimum Gasteiger partial charge on any atom is -0.508 e. The van der Waals surface area contributed by atoms with E-state index < -0.39 is 0 Å². The van der Waals surface area contributed by atoms with Crippen LogP contribution in [0.2, 0.25) is 0 Å². The van der Waals surface area contributed by atoms with E-state index in [0.717, 1.165) is 24.1 Å². The van der Waals surface area contributed by atoms with Crippen LogP contribution < -0.4 is 10.7 Å². The number of carbonyl (C=O) groups excluding carboxylic acids is 1. The molecule has 2 rings (SSSR count). The van der Waals surface area contributed by atoms with Gasteiger partial charge in [-0.05, 0) is 37.5 Å². The highest BCUT2D eigenvalue weighted by Gasteiger charge is 2.11. The summed E-state index contributed by atoms with van der Waals surface area (Å²) < 4.78 is 0. The second-order valence-corrected chi connectivity index (χ2v) is 4.34. The van der Waals surface area contributed by atoms with Crippen molar-refractivity contribution in [3.8, 4) is 5.75 Å². The summed E-state index contributed by atoms with van der Waals surface area (Å²) in [5.41, 5.74) is 4.77. The van der Waals surface area contributed by atoms with Crippen molar-refractivity contribution in [2.24, 2.45) is 10.1 Å². The van der Waals surface area contributed by atoms with Crippen molar-refractivity contribution in [3.63, 3.8) is 0 Å². The molecular weight excluding hydrogens is 244 g/mol. The summed E-state index contributed by atoms with van der Waals surface area (Å²) in [5, 5.41) is 15.9. The van der Waals surface area contributed by atoms with Crippen molar-refractivity contribution >= 4 is 17.6 Å². The molecule has 1 aromatic rings. The maximum atomic E-state index is 10.9. The largest absolute Gasteiger partial charge is 0.508 e. The monoisotopic (exact) mass is 260 g/mol. The zero-order chi connectivity index (χ0) is 13.7. The number of aryl methyl sites for hydroxylation is 1. The molecule has 1 heterocycles. The Balaban J connectivity index is 1.79. The van der Waals surface area contributed by atoms with Gasteiger partial charge in [0.2, 0.25) is 11.9 Å². The number of carbonyl (C=O) groups is 1. The first-order chi connectivity index (χ1) is 9.13. The Hall–Kier alpha value is -2.37. The van der Waals surface area contributed by atoms with Crippen LogP contribution in [0.3, 0.4) is 0 Å². The maximum absolute atomic E-state index is 10.9. The van der Waals surface area contributed by atoms with E-state index in [2.05, 4.69) is 20.8 Å². The first-order valence-corrected chi connectivity index (χ1v) is 6.05. The van der Waals surface area contributed by atoms with Crippen molar-refractivity contribution < 1.29 is 9.90 Å². The number of aromatic hydroxyl groups is 1. The molecule has 1 amide bonds. The number of nitrogens with zero attached hydrogens (tertiary/aromatic N) is 2. The number of guanidine groups is 1. The van der Waals surface area contributed by atoms with Crippen LogP contribution in [-0.2, 0) is 11.2 Å². The lowest BCUT2D eigenvalue weighted by Crippen LogP contribution is -2.33. The molecule has 3 N–H and O–H groups in total. The summed E-state index contributed by atoms with van der Waals surface area (Å²) in [5.74, 6) is 0.541. The number of amides is 1. The van der Waals surface area contributed by atoms with Gasteiger partial charge in [-0.25, -0.2) is 10.4 Å². The SMILES string of the molecule is C/C(CCc1ccc(O)cc1)=N\NC1=NCC(=O)N1. The summed E-state index contributed by atoms with van der Waals surface area (Å²) in [4.78, 5) is 14.8. The quantitative estimate of drug-likeness (QED) is 0.552. The fourth-order valence-corrected chi connectivity index (χ4v) is 1.62. The lowest BCUT2D eigenvalue weighted by Gasteiger charge is -2.03. The van der Waals surface area contributed by atoms with Gasteiger partial charge in [0.05, 0.1) is 0 Å². The number of phenols is 1. The van der Waals surface area contributed by atoms with Crippen LogP contribution in [0, 0.1) is 0 Å². The summed E-state index contributed by atoms with van der Waals surface area (Å²) in [7, 11) is 0. The second kappa shape index (κ2) is 5.99. The zero-order valence-electron chi connectivity index (χ0n) is 10.7. The highest BCUT2D eigenvalue weighted by molar-refractivity contribution is 6.03. The van der Waals surface area contributed by atoms with Crippen molar-refractivity contribution in [2.75, 3.05) is 6.54 Å². The number of phenolic OH excluding ortho intramolecular Hbond substituents is 1. The van der Waals surface area contributed by atoms with Gasteiger partial charge in [-0.15, -0.1) is 0 Å². The standard InChI is InChI=1S/C13H16N4O2/c1-9(16-17-13-14-8-12(19)15-13)2-3-10-4-6-11(18)7-5-10/h4-7,18H,2-3,8H2,1H3,(H2,14,15,17,19)/b16-9+. The highest BCUT2D eigenvalue weighted by atomic mass is 16.3. The molecule has 0 atom stereocenters. The number of nitrogens with one attached hydrogen (secondary N) is 2. The van der Waals surface area contributed by atoms with E-state index >= 15 is 0 Å². The predicted octanol–water partition coefficient (Wildman–Crippen LogP) is 0.776. The fourth-order valence-electron chi connectivity index (χ4n) is 1.62. The minimum absolute atomic E-state index is 0.126. The lowest BCUT2D eigenvalue weighted by atomic mass is 10.1. The van der Waals surface area contributed by atoms with Gasteiger partial charge in [-0.2, -0.15) is 5.10 Å². The Morgan fingerprint density at radius 1 is 1.47 bits per heavy atom. The predicted molar refractivity (Wildman–Crippen MR) is 73.1 cm³/mol. The molecule has 1 aliphatic rings. The highest BCUT2D eigenvalue weighted by Crippen LogP contribution is 2.11. The molecule has 0 fully saturated rings. The average Bonchev–Trinajstić information content (AvgIpc) is 2.81. The third-order valence-corrected chi connectivity index (χ3v) is 2.70. The number of benzene rings is 1. The average molecular weight is 260 g/mol. The van der Waals surface area contributed by atoms with E-state index in [1.165, 1.54) is 0 Å². The molecular formula is C13H16N4O2. The molecule has 1 aromatic carbocycles. The zero-order valence-corrected chi connectivity index (χ0v) is 10.7. The molecule has 0 unspecified atom stereocenters. The van der Waals surface area contributed by atoms with Crippen LogP contribution in [0.25, 0.3) is 0 Å². The molecule has 0 bridgehead atoms. The third kappa shape index (κ3) is 4.09. The smallest absolute Gasteiger partial charge is 0.248 e. The van der Waals surface area contributed by atoms with E-state index in [4.69, 9.17) is 0 Å². The molecule has 0 spiro atoms. The number of aliphatic imine (C=N–C) groups is 1. The first-order valence-electron chi connectivity index (χ1n) is 6.05. The normalized spacial score (nSPS) is 15.1. The van der Waals surface area contributed by atoms with Gasteiger partial charge in [0.15, 0.2) is 0 Å². The molecule has 1 aliphatic heterocycles. The number of rotatable bonds is 4. The van der Waals surface area contributed by atoms with E-state index in [1.807, 2.05) is 19.1 Å². The summed E-state index contributed by atoms with van der Waals surface area (Å²) >= 11 is 0. The molecule has 0 aliphatic carbocycles. The van der Waals surface area contributed by atoms with Crippen molar-refractivity contribution in [3.05, 3.63) is 29.8 Å². The Morgan fingerprint density at radius 3 is 2.84 bits per heavy atom. The summed E-state index contributed by atoms with van der Waals surface area (Å²) in [6, 6.07) is 7.11. The van der Waals surface area contributed by atoms with Crippen LogP contribution in [-0.4, -0.2) is 29.2 Å². The summed E-state index contributed by atoms with van der Waals surface area (Å²) in [6.45, 7) is 2.06. The van der Waals surface area contributed by atoms with Gasteiger partial charge in [0, 0.05) is 5.71 Å². The maximum Gasteiger partial charge on any atom is 0.248 e. The fraction of sp³-hybridized carbons (Fsp3) is 0.308. The molecule has 0 saturated heterocycles. The Bertz CT molecular complexity index is 520. The second-order valence-electron chi connectivity index (χ2n) is 4.34. The Labute approximate surface area is 111 Å². The van der Waals surface area contributed by atoms with Crippen LogP contribution in [0.15, 0.2) is 34.4 Å². The van der Waals surface area contributed by atoms with Crippen molar-refractivity contribution in [1.82, 2.24) is 10.7 Å². The van der Waals surface area contributed by atoms with Crippen molar-refractivity contribution in [1.29, 1.82) is 0 Å². The van der Waals surface area contributed by atoms with Gasteiger partial charge in [-0.1, -0.05) is 12.1 Å². The molecule has 0 saturated carbocycles. The first kappa shape index (κ1) is 13.1. The van der Waals surface area contributed by atoms with E-state index in [1.54, 1.807) is 12.1 Å². The van der Waals surface area contributed by atoms with Gasteiger partial charge in [-0.3, -0.25) is 10.1 Å². The molecule has 19 heavy (non-hydrogen) atoms. The van der Waals surface area contributed by atoms with Crippen LogP contribution >= 0.6 is 0 Å². The van der Waals surface area contributed by atoms with Gasteiger partial charge >= 0.3 is 0 Å². The number of hydrogen-bond donors (Lipinski definition) is 3. The van der Waals surface area contributed by atoms with E-state index in [9.17, 15) is 9.90 Å². The number of hydrazone groups is 1. The van der Waals surface area contributed by atoms with E-state index in [0.29, 0.717) is 5.96 Å². The number of hydrogen-bond acceptors (Lipinski definition) is 5. The van der Waals surface area contributed by atoms with Crippen molar-refractivity contribution in [2.45, 2.75) is 19.8 Å². The molecule has 6 nitrogen and oxygen atoms in total. The van der Waals surface area contributed by atoms with Gasteiger partial charge < -0.3 is 5.11 Å². The molecule has 100 valence electrons. The third-order valence-electron chi connectivity index (χ3n) is 2.70. The topological polar surface area (TPSA) is 86.1 Å². The Kier molecular flexibility index (Phi) is 4.12. The minimum atomic E-state index is -0.126. The van der Waals surface area contributed by atoms with E-state index in [-0.39, 0.29) is 18.2 Å².